The van der Waals surface area contributed by atoms with Crippen LogP contribution in [0.2, 0.25) is 0 Å². The molecular formula is C29H31FN4O. The van der Waals surface area contributed by atoms with Crippen molar-refractivity contribution in [2.45, 2.75) is 32.6 Å². The average Bonchev–Trinajstić information content (AvgIpc) is 3.40. The van der Waals surface area contributed by atoms with E-state index in [1.807, 2.05) is 24.4 Å². The highest BCUT2D eigenvalue weighted by molar-refractivity contribution is 5.95. The normalized spacial score (nSPS) is 13.7. The Hall–Kier alpha value is -3.85. The van der Waals surface area contributed by atoms with Crippen LogP contribution in [0.15, 0.2) is 67.0 Å². The fraction of sp³-hybridized carbons (Fsp3) is 0.310. The lowest BCUT2D eigenvalue weighted by molar-refractivity contribution is 0.0953. The van der Waals surface area contributed by atoms with E-state index in [2.05, 4.69) is 45.8 Å². The number of nitrogens with zero attached hydrogens (tertiary/aromatic N) is 2. The van der Waals surface area contributed by atoms with Crippen molar-refractivity contribution < 1.29 is 9.18 Å². The minimum absolute atomic E-state index is 0.116. The Morgan fingerprint density at radius 2 is 1.97 bits per heavy atom. The highest BCUT2D eigenvalue weighted by atomic mass is 19.1. The molecule has 0 spiro atoms. The van der Waals surface area contributed by atoms with Crippen molar-refractivity contribution in [3.8, 4) is 11.8 Å². The van der Waals surface area contributed by atoms with Crippen LogP contribution in [0.1, 0.15) is 53.2 Å². The van der Waals surface area contributed by atoms with Crippen LogP contribution in [-0.4, -0.2) is 35.7 Å². The number of carbonyl (C=O) groups is 1. The van der Waals surface area contributed by atoms with Gasteiger partial charge in [0.15, 0.2) is 0 Å². The molecule has 0 aliphatic carbocycles. The van der Waals surface area contributed by atoms with Crippen LogP contribution in [0.3, 0.4) is 0 Å². The molecule has 0 bridgehead atoms. The van der Waals surface area contributed by atoms with Crippen LogP contribution in [0.25, 0.3) is 0 Å². The molecule has 1 fully saturated rings. The summed E-state index contributed by atoms with van der Waals surface area (Å²) in [5.74, 6) is 6.51. The van der Waals surface area contributed by atoms with E-state index in [4.69, 9.17) is 0 Å². The lowest BCUT2D eigenvalue weighted by atomic mass is 9.90. The van der Waals surface area contributed by atoms with Crippen LogP contribution < -0.4 is 10.2 Å². The van der Waals surface area contributed by atoms with E-state index in [0.717, 1.165) is 61.2 Å². The minimum Gasteiger partial charge on any atom is -0.370 e. The van der Waals surface area contributed by atoms with Crippen molar-refractivity contribution >= 4 is 11.6 Å². The molecule has 2 aromatic carbocycles. The van der Waals surface area contributed by atoms with Gasteiger partial charge < -0.3 is 10.2 Å². The molecule has 0 atom stereocenters. The summed E-state index contributed by atoms with van der Waals surface area (Å²) in [5, 5.41) is 9.75. The standard InChI is InChI=1S/C29H31FN4O/c1-21(2)24-13-16-34(17-14-24)28-12-9-26(29(35)31-15-3-4-23-19-32-33-20-23)18-25(28)8-5-22-6-10-27(30)11-7-22/h6-7,9-12,18-20,24H,1,3-4,13-17H2,2H3,(H,31,35)(H,32,33). The average molecular weight is 471 g/mol. The highest BCUT2D eigenvalue weighted by Crippen LogP contribution is 2.29. The molecule has 0 unspecified atom stereocenters. The van der Waals surface area contributed by atoms with Crippen LogP contribution in [-0.2, 0) is 6.42 Å². The molecule has 4 rings (SSSR count). The Morgan fingerprint density at radius 3 is 2.66 bits per heavy atom. The van der Waals surface area contributed by atoms with Gasteiger partial charge in [0, 0.05) is 42.5 Å². The molecule has 6 heteroatoms. The molecule has 1 aliphatic heterocycles. The number of H-pyrrole nitrogens is 1. The first-order valence-corrected chi connectivity index (χ1v) is 12.1. The maximum Gasteiger partial charge on any atom is 0.251 e. The number of hydrogen-bond acceptors (Lipinski definition) is 3. The van der Waals surface area contributed by atoms with Gasteiger partial charge in [-0.25, -0.2) is 4.39 Å². The van der Waals surface area contributed by atoms with Crippen molar-refractivity contribution in [2.75, 3.05) is 24.5 Å². The number of piperidine rings is 1. The summed E-state index contributed by atoms with van der Waals surface area (Å²) in [6.07, 6.45) is 7.46. The molecule has 5 nitrogen and oxygen atoms in total. The van der Waals surface area contributed by atoms with Gasteiger partial charge in [0.25, 0.3) is 5.91 Å². The maximum atomic E-state index is 13.3. The van der Waals surface area contributed by atoms with Crippen LogP contribution in [0, 0.1) is 23.6 Å². The third-order valence-corrected chi connectivity index (χ3v) is 6.46. The second-order valence-corrected chi connectivity index (χ2v) is 9.06. The minimum atomic E-state index is -0.289. The van der Waals surface area contributed by atoms with Gasteiger partial charge in [-0.15, -0.1) is 0 Å². The summed E-state index contributed by atoms with van der Waals surface area (Å²) in [6, 6.07) is 11.9. The van der Waals surface area contributed by atoms with E-state index in [-0.39, 0.29) is 11.7 Å². The number of hydrogen-bond donors (Lipinski definition) is 2. The number of aromatic amines is 1. The van der Waals surface area contributed by atoms with Gasteiger partial charge in [-0.2, -0.15) is 5.10 Å². The SMILES string of the molecule is C=C(C)C1CCN(c2ccc(C(=O)NCCCc3cn[nH]c3)cc2C#Cc2ccc(F)cc2)CC1. The summed E-state index contributed by atoms with van der Waals surface area (Å²) in [6.45, 7) is 8.64. The van der Waals surface area contributed by atoms with Crippen molar-refractivity contribution in [3.05, 3.63) is 95.1 Å². The number of benzene rings is 2. The maximum absolute atomic E-state index is 13.3. The summed E-state index contributed by atoms with van der Waals surface area (Å²) in [4.78, 5) is 15.2. The van der Waals surface area contributed by atoms with E-state index in [1.54, 1.807) is 18.3 Å². The zero-order valence-electron chi connectivity index (χ0n) is 20.1. The van der Waals surface area contributed by atoms with Crippen molar-refractivity contribution in [3.63, 3.8) is 0 Å². The lowest BCUT2D eigenvalue weighted by Crippen LogP contribution is -2.34. The predicted octanol–water partition coefficient (Wildman–Crippen LogP) is 5.10. The second-order valence-electron chi connectivity index (χ2n) is 9.06. The molecule has 2 heterocycles. The number of aromatic nitrogens is 2. The Balaban J connectivity index is 1.50. The molecule has 0 radical (unpaired) electrons. The molecular weight excluding hydrogens is 439 g/mol. The zero-order chi connectivity index (χ0) is 24.6. The summed E-state index contributed by atoms with van der Waals surface area (Å²) >= 11 is 0. The quantitative estimate of drug-likeness (QED) is 0.287. The molecule has 0 saturated carbocycles. The van der Waals surface area contributed by atoms with Crippen molar-refractivity contribution in [2.24, 2.45) is 5.92 Å². The van der Waals surface area contributed by atoms with Gasteiger partial charge in [0.1, 0.15) is 5.82 Å². The van der Waals surface area contributed by atoms with E-state index >= 15 is 0 Å². The summed E-state index contributed by atoms with van der Waals surface area (Å²) in [7, 11) is 0. The molecule has 3 aromatic rings. The molecule has 1 aliphatic rings. The fourth-order valence-corrected chi connectivity index (χ4v) is 4.35. The summed E-state index contributed by atoms with van der Waals surface area (Å²) < 4.78 is 13.3. The zero-order valence-corrected chi connectivity index (χ0v) is 20.1. The highest BCUT2D eigenvalue weighted by Gasteiger charge is 2.22. The number of nitrogens with one attached hydrogen (secondary N) is 2. The molecule has 2 N–H and O–H groups in total. The third kappa shape index (κ3) is 6.60. The Labute approximate surface area is 206 Å². The van der Waals surface area contributed by atoms with Crippen LogP contribution >= 0.6 is 0 Å². The lowest BCUT2D eigenvalue weighted by Gasteiger charge is -2.34. The Morgan fingerprint density at radius 1 is 1.20 bits per heavy atom. The van der Waals surface area contributed by atoms with Gasteiger partial charge in [0.05, 0.1) is 11.9 Å². The van der Waals surface area contributed by atoms with Crippen LogP contribution in [0.4, 0.5) is 10.1 Å². The molecule has 35 heavy (non-hydrogen) atoms. The first-order chi connectivity index (χ1) is 17.0. The van der Waals surface area contributed by atoms with E-state index < -0.39 is 0 Å². The van der Waals surface area contributed by atoms with Gasteiger partial charge in [-0.1, -0.05) is 24.0 Å². The molecule has 1 saturated heterocycles. The molecule has 180 valence electrons. The Kier molecular flexibility index (Phi) is 7.99. The Bertz CT molecular complexity index is 1210. The number of aryl methyl sites for hydroxylation is 1. The fourth-order valence-electron chi connectivity index (χ4n) is 4.35. The van der Waals surface area contributed by atoms with E-state index in [9.17, 15) is 9.18 Å². The largest absolute Gasteiger partial charge is 0.370 e. The van der Waals surface area contributed by atoms with Gasteiger partial charge in [-0.3, -0.25) is 9.89 Å². The van der Waals surface area contributed by atoms with Crippen molar-refractivity contribution in [1.82, 2.24) is 15.5 Å². The first kappa shape index (κ1) is 24.3. The third-order valence-electron chi connectivity index (χ3n) is 6.46. The van der Waals surface area contributed by atoms with Gasteiger partial charge in [-0.05, 0) is 86.6 Å². The smallest absolute Gasteiger partial charge is 0.251 e. The monoisotopic (exact) mass is 470 g/mol. The number of amides is 1. The van der Waals surface area contributed by atoms with Gasteiger partial charge >= 0.3 is 0 Å². The van der Waals surface area contributed by atoms with Crippen LogP contribution in [0.5, 0.6) is 0 Å². The predicted molar refractivity (Wildman–Crippen MR) is 138 cm³/mol. The van der Waals surface area contributed by atoms with Crippen molar-refractivity contribution in [1.29, 1.82) is 0 Å². The summed E-state index contributed by atoms with van der Waals surface area (Å²) in [5.41, 5.74) is 5.49. The first-order valence-electron chi connectivity index (χ1n) is 12.1. The number of rotatable bonds is 7. The van der Waals surface area contributed by atoms with E-state index in [0.29, 0.717) is 18.0 Å². The molecule has 1 aromatic heterocycles. The van der Waals surface area contributed by atoms with Gasteiger partial charge in [0.2, 0.25) is 0 Å². The number of carbonyl (C=O) groups excluding carboxylic acids is 1. The molecule has 1 amide bonds. The number of allylic oxidation sites excluding steroid dienone is 1. The van der Waals surface area contributed by atoms with E-state index in [1.165, 1.54) is 17.7 Å². The number of anilines is 1. The second kappa shape index (κ2) is 11.5. The number of halogens is 1. The topological polar surface area (TPSA) is 61.0 Å².